The van der Waals surface area contributed by atoms with Crippen LogP contribution in [0.4, 0.5) is 0 Å². The van der Waals surface area contributed by atoms with Gasteiger partial charge in [-0.15, -0.1) is 0 Å². The second-order valence-electron chi connectivity index (χ2n) is 15.9. The molecule has 335 valence electrons. The molecule has 0 bridgehead atoms. The first kappa shape index (κ1) is 45.7. The Kier molecular flexibility index (Phi) is 13.8. The van der Waals surface area contributed by atoms with E-state index in [9.17, 15) is 0 Å². The van der Waals surface area contributed by atoms with Crippen molar-refractivity contribution in [2.24, 2.45) is 0 Å². The molecule has 2 heterocycles. The van der Waals surface area contributed by atoms with Crippen LogP contribution in [0.25, 0.3) is 99.5 Å². The Labute approximate surface area is 419 Å². The Morgan fingerprint density at radius 3 is 1.14 bits per heavy atom. The Morgan fingerprint density at radius 2 is 0.657 bits per heavy atom. The number of rotatable bonds is 7. The minimum Gasteiger partial charge on any atom is -0.537 e. The predicted octanol–water partition coefficient (Wildman–Crippen LogP) is 15.2. The van der Waals surface area contributed by atoms with Crippen LogP contribution >= 0.6 is 34.8 Å². The molecule has 0 aliphatic rings. The van der Waals surface area contributed by atoms with Crippen molar-refractivity contribution in [3.8, 4) is 62.2 Å². The summed E-state index contributed by atoms with van der Waals surface area (Å²) < 4.78 is 5.01. The Balaban J connectivity index is 0.000000131. The van der Waals surface area contributed by atoms with Gasteiger partial charge in [0, 0.05) is 16.7 Å². The molecule has 12 rings (SSSR count). The van der Waals surface area contributed by atoms with Gasteiger partial charge in [-0.1, -0.05) is 200 Å². The van der Waals surface area contributed by atoms with Gasteiger partial charge in [-0.05, 0) is 118 Å². The van der Waals surface area contributed by atoms with E-state index in [4.69, 9.17) is 49.5 Å². The van der Waals surface area contributed by atoms with Crippen molar-refractivity contribution in [2.45, 2.75) is 0 Å². The van der Waals surface area contributed by atoms with E-state index in [1.807, 2.05) is 115 Å². The molecule has 2 aromatic heterocycles. The molecule has 12 aromatic rings. The normalized spacial score (nSPS) is 10.9. The van der Waals surface area contributed by atoms with Crippen LogP contribution in [-0.2, 0) is 0 Å². The van der Waals surface area contributed by atoms with Crippen molar-refractivity contribution in [3.63, 3.8) is 0 Å². The van der Waals surface area contributed by atoms with Gasteiger partial charge in [0.05, 0.1) is 0 Å². The third-order valence-electron chi connectivity index (χ3n) is 11.6. The first-order chi connectivity index (χ1) is 34.4. The largest absolute Gasteiger partial charge is 0.569 e. The zero-order chi connectivity index (χ0) is 47.8. The average molecular weight is 967 g/mol. The number of hydrogen-bond donors (Lipinski definition) is 1. The highest BCUT2D eigenvalue weighted by Crippen LogP contribution is 2.34. The molecule has 8 nitrogen and oxygen atoms in total. The van der Waals surface area contributed by atoms with Gasteiger partial charge in [-0.25, -0.2) is 4.98 Å². The summed E-state index contributed by atoms with van der Waals surface area (Å²) in [6.45, 7) is 0. The standard InChI is InChI=1S/C29H18ClN3.C16H12BO2.C13H7Cl2N3/c30-29-32-27(31-28(33-29)26-17-7-11-20-9-2-4-15-24(20)26)22-13-5-12-21(18-22)25-16-6-10-19-8-1-3-14-23(19)25;18-17-19-14-8-3-7-13(11-14)16-10-4-6-12-5-1-2-9-15(12)16;14-12-16-11(17-13(15)18-12)10-7-3-5-8-4-1-2-6-9(8)10/h1-18H;1-11,18H;1-7H. The molecule has 10 aromatic carbocycles. The number of nitrogens with zero attached hydrogens (tertiary/aromatic N) is 6. The van der Waals surface area contributed by atoms with Crippen molar-refractivity contribution in [1.82, 2.24) is 29.9 Å². The van der Waals surface area contributed by atoms with E-state index in [1.165, 1.54) is 27.1 Å². The van der Waals surface area contributed by atoms with Gasteiger partial charge in [-0.2, -0.15) is 24.9 Å². The van der Waals surface area contributed by atoms with Crippen LogP contribution in [0, 0.1) is 0 Å². The highest BCUT2D eigenvalue weighted by atomic mass is 35.5. The second-order valence-corrected chi connectivity index (χ2v) is 16.9. The maximum Gasteiger partial charge on any atom is 0.569 e. The number of benzene rings is 10. The lowest BCUT2D eigenvalue weighted by Gasteiger charge is -2.10. The quantitative estimate of drug-likeness (QED) is 0.157. The summed E-state index contributed by atoms with van der Waals surface area (Å²) in [5.74, 6) is 2.22. The van der Waals surface area contributed by atoms with E-state index >= 15 is 0 Å². The number of aromatic nitrogens is 6. The summed E-state index contributed by atoms with van der Waals surface area (Å²) in [4.78, 5) is 25.7. The van der Waals surface area contributed by atoms with E-state index in [0.717, 1.165) is 54.9 Å². The van der Waals surface area contributed by atoms with E-state index in [0.29, 0.717) is 30.9 Å². The van der Waals surface area contributed by atoms with Crippen molar-refractivity contribution in [1.29, 1.82) is 0 Å². The SMILES string of the molecule is Clc1nc(-c2cccc(-c3cccc4ccccc34)c2)nc(-c2cccc3ccccc23)n1.Clc1nc(Cl)nc(-c2cccc3ccccc23)n1.O[B]Oc1cccc(-c2cccc3ccccc23)c1. The molecule has 0 spiro atoms. The molecule has 0 saturated heterocycles. The molecule has 70 heavy (non-hydrogen) atoms. The molecule has 0 fully saturated rings. The van der Waals surface area contributed by atoms with E-state index in [1.54, 1.807) is 6.07 Å². The average Bonchev–Trinajstić information content (AvgIpc) is 3.40. The van der Waals surface area contributed by atoms with Crippen molar-refractivity contribution >= 4 is 85.6 Å². The van der Waals surface area contributed by atoms with Crippen molar-refractivity contribution in [3.05, 3.63) is 234 Å². The summed E-state index contributed by atoms with van der Waals surface area (Å²) in [6.07, 6.45) is 0. The lowest BCUT2D eigenvalue weighted by molar-refractivity contribution is 0.454. The molecule has 1 radical (unpaired) electrons. The Hall–Kier alpha value is -8.05. The zero-order valence-corrected chi connectivity index (χ0v) is 39.3. The predicted molar refractivity (Wildman–Crippen MR) is 287 cm³/mol. The Morgan fingerprint density at radius 1 is 0.314 bits per heavy atom. The molecular weight excluding hydrogens is 930 g/mol. The van der Waals surface area contributed by atoms with Crippen LogP contribution in [0.15, 0.2) is 218 Å². The fourth-order valence-corrected chi connectivity index (χ4v) is 8.99. The van der Waals surface area contributed by atoms with E-state index in [2.05, 4.69) is 122 Å². The molecule has 1 N–H and O–H groups in total. The van der Waals surface area contributed by atoms with Gasteiger partial charge < -0.3 is 9.68 Å². The maximum absolute atomic E-state index is 8.71. The lowest BCUT2D eigenvalue weighted by Crippen LogP contribution is -1.99. The molecule has 0 aliphatic carbocycles. The van der Waals surface area contributed by atoms with E-state index < -0.39 is 0 Å². The van der Waals surface area contributed by atoms with Gasteiger partial charge in [0.25, 0.3) is 0 Å². The van der Waals surface area contributed by atoms with E-state index in [-0.39, 0.29) is 15.9 Å². The minimum atomic E-state index is 0.0953. The Bertz CT molecular complexity index is 3800. The number of halogens is 3. The first-order valence-electron chi connectivity index (χ1n) is 22.1. The minimum absolute atomic E-state index is 0.0953. The summed E-state index contributed by atoms with van der Waals surface area (Å²) in [6, 6.07) is 73.4. The smallest absolute Gasteiger partial charge is 0.537 e. The highest BCUT2D eigenvalue weighted by molar-refractivity contribution is 6.31. The second kappa shape index (κ2) is 21.1. The highest BCUT2D eigenvalue weighted by Gasteiger charge is 2.14. The van der Waals surface area contributed by atoms with Crippen LogP contribution in [0.5, 0.6) is 5.75 Å². The number of hydrogen-bond acceptors (Lipinski definition) is 8. The molecule has 0 amide bonds. The van der Waals surface area contributed by atoms with Gasteiger partial charge in [-0.3, -0.25) is 0 Å². The molecular formula is C58H37BCl3N6O2. The lowest BCUT2D eigenvalue weighted by atomic mass is 9.97. The van der Waals surface area contributed by atoms with Crippen LogP contribution in [0.2, 0.25) is 15.9 Å². The van der Waals surface area contributed by atoms with Crippen LogP contribution in [-0.4, -0.2) is 42.6 Å². The fraction of sp³-hybridized carbons (Fsp3) is 0. The summed E-state index contributed by atoms with van der Waals surface area (Å²) in [5.41, 5.74) is 7.21. The molecule has 0 unspecified atom stereocenters. The summed E-state index contributed by atoms with van der Waals surface area (Å²) in [5, 5.41) is 18.3. The molecule has 0 atom stereocenters. The number of fused-ring (bicyclic) bond motifs is 4. The van der Waals surface area contributed by atoms with Gasteiger partial charge >= 0.3 is 7.69 Å². The summed E-state index contributed by atoms with van der Waals surface area (Å²) >= 11 is 18.0. The van der Waals surface area contributed by atoms with Gasteiger partial charge in [0.15, 0.2) is 17.5 Å². The monoisotopic (exact) mass is 965 g/mol. The molecule has 0 aliphatic heterocycles. The molecule has 0 saturated carbocycles. The van der Waals surface area contributed by atoms with Gasteiger partial charge in [0.2, 0.25) is 15.9 Å². The fourth-order valence-electron chi connectivity index (χ4n) is 8.46. The van der Waals surface area contributed by atoms with Gasteiger partial charge in [0.1, 0.15) is 5.75 Å². The summed E-state index contributed by atoms with van der Waals surface area (Å²) in [7, 11) is 0.697. The van der Waals surface area contributed by atoms with Crippen LogP contribution in [0.1, 0.15) is 0 Å². The topological polar surface area (TPSA) is 107 Å². The van der Waals surface area contributed by atoms with Crippen LogP contribution in [0.3, 0.4) is 0 Å². The maximum atomic E-state index is 8.71. The third-order valence-corrected chi connectivity index (χ3v) is 12.1. The van der Waals surface area contributed by atoms with Crippen LogP contribution < -0.4 is 4.65 Å². The zero-order valence-electron chi connectivity index (χ0n) is 37.0. The van der Waals surface area contributed by atoms with Crippen molar-refractivity contribution < 1.29 is 9.68 Å². The third kappa shape index (κ3) is 10.2. The molecule has 12 heteroatoms. The van der Waals surface area contributed by atoms with Crippen molar-refractivity contribution in [2.75, 3.05) is 0 Å². The first-order valence-corrected chi connectivity index (χ1v) is 23.3.